The van der Waals surface area contributed by atoms with E-state index >= 15 is 0 Å². The molecule has 14 heavy (non-hydrogen) atoms. The molecule has 0 saturated heterocycles. The molecule has 0 aromatic rings. The van der Waals surface area contributed by atoms with Crippen molar-refractivity contribution in [2.45, 2.75) is 45.4 Å². The Hall–Kier alpha value is -0.370. The van der Waals surface area contributed by atoms with Crippen LogP contribution in [0.25, 0.3) is 0 Å². The Bertz CT molecular complexity index is 179. The van der Waals surface area contributed by atoms with Crippen LogP contribution in [-0.4, -0.2) is 19.4 Å². The smallest absolute Gasteiger partial charge is 0.136 e. The first kappa shape index (κ1) is 11.7. The minimum absolute atomic E-state index is 0.385. The standard InChI is InChI=1S/C12H23NO/c1-10-5-3-6-11(9-10)12(14)7-4-8-13-2/h10-11,13H,3-9H2,1-2H3. The summed E-state index contributed by atoms with van der Waals surface area (Å²) in [6, 6.07) is 0. The molecule has 0 amide bonds. The van der Waals surface area contributed by atoms with E-state index in [0.29, 0.717) is 11.7 Å². The fourth-order valence-corrected chi connectivity index (χ4v) is 2.37. The molecule has 1 rings (SSSR count). The van der Waals surface area contributed by atoms with Gasteiger partial charge in [0.15, 0.2) is 0 Å². The first-order valence-corrected chi connectivity index (χ1v) is 5.91. The van der Waals surface area contributed by atoms with Crippen LogP contribution in [0.15, 0.2) is 0 Å². The molecule has 2 nitrogen and oxygen atoms in total. The highest BCUT2D eigenvalue weighted by atomic mass is 16.1. The Kier molecular flexibility index (Phi) is 5.16. The number of hydrogen-bond donors (Lipinski definition) is 1. The van der Waals surface area contributed by atoms with Crippen molar-refractivity contribution >= 4 is 5.78 Å². The van der Waals surface area contributed by atoms with Gasteiger partial charge in [-0.05, 0) is 38.8 Å². The molecule has 0 aliphatic heterocycles. The topological polar surface area (TPSA) is 29.1 Å². The van der Waals surface area contributed by atoms with Gasteiger partial charge in [-0.1, -0.05) is 19.8 Å². The maximum Gasteiger partial charge on any atom is 0.136 e. The monoisotopic (exact) mass is 197 g/mol. The maximum absolute atomic E-state index is 11.8. The van der Waals surface area contributed by atoms with Gasteiger partial charge >= 0.3 is 0 Å². The van der Waals surface area contributed by atoms with Crippen LogP contribution in [0.2, 0.25) is 0 Å². The number of nitrogens with one attached hydrogen (secondary N) is 1. The van der Waals surface area contributed by atoms with Crippen molar-refractivity contribution in [3.05, 3.63) is 0 Å². The van der Waals surface area contributed by atoms with Crippen molar-refractivity contribution in [3.8, 4) is 0 Å². The van der Waals surface area contributed by atoms with Gasteiger partial charge in [-0.25, -0.2) is 0 Å². The summed E-state index contributed by atoms with van der Waals surface area (Å²) in [4.78, 5) is 11.8. The zero-order valence-corrected chi connectivity index (χ0v) is 9.51. The molecule has 0 spiro atoms. The summed E-state index contributed by atoms with van der Waals surface area (Å²) in [6.45, 7) is 3.24. The van der Waals surface area contributed by atoms with E-state index in [1.807, 2.05) is 7.05 Å². The van der Waals surface area contributed by atoms with Gasteiger partial charge in [0.1, 0.15) is 5.78 Å². The maximum atomic E-state index is 11.8. The summed E-state index contributed by atoms with van der Waals surface area (Å²) < 4.78 is 0. The Morgan fingerprint density at radius 2 is 2.21 bits per heavy atom. The molecule has 2 heteroatoms. The van der Waals surface area contributed by atoms with Gasteiger partial charge in [0.05, 0.1) is 0 Å². The Morgan fingerprint density at radius 3 is 2.86 bits per heavy atom. The molecule has 0 aromatic carbocycles. The van der Waals surface area contributed by atoms with E-state index in [-0.39, 0.29) is 0 Å². The van der Waals surface area contributed by atoms with Crippen molar-refractivity contribution < 1.29 is 4.79 Å². The van der Waals surface area contributed by atoms with Crippen LogP contribution in [-0.2, 0) is 4.79 Å². The number of ketones is 1. The lowest BCUT2D eigenvalue weighted by Gasteiger charge is -2.25. The summed E-state index contributed by atoms with van der Waals surface area (Å²) in [5, 5.41) is 3.08. The van der Waals surface area contributed by atoms with E-state index in [0.717, 1.165) is 38.1 Å². The second-order valence-electron chi connectivity index (χ2n) is 4.64. The zero-order chi connectivity index (χ0) is 10.4. The first-order chi connectivity index (χ1) is 6.74. The predicted octanol–water partition coefficient (Wildman–Crippen LogP) is 2.38. The molecule has 2 unspecified atom stereocenters. The number of hydrogen-bond acceptors (Lipinski definition) is 2. The summed E-state index contributed by atoms with van der Waals surface area (Å²) in [6.07, 6.45) is 6.63. The molecule has 1 saturated carbocycles. The molecular formula is C12H23NO. The predicted molar refractivity (Wildman–Crippen MR) is 59.3 cm³/mol. The SMILES string of the molecule is CNCCCC(=O)C1CCCC(C)C1. The summed E-state index contributed by atoms with van der Waals surface area (Å²) in [7, 11) is 1.94. The lowest BCUT2D eigenvalue weighted by atomic mass is 9.79. The molecule has 1 N–H and O–H groups in total. The molecule has 2 atom stereocenters. The molecule has 1 fully saturated rings. The normalized spacial score (nSPS) is 27.6. The van der Waals surface area contributed by atoms with Crippen molar-refractivity contribution in [1.82, 2.24) is 5.32 Å². The van der Waals surface area contributed by atoms with E-state index in [1.54, 1.807) is 0 Å². The quantitative estimate of drug-likeness (QED) is 0.686. The van der Waals surface area contributed by atoms with Crippen molar-refractivity contribution in [2.75, 3.05) is 13.6 Å². The Labute approximate surface area is 87.5 Å². The largest absolute Gasteiger partial charge is 0.320 e. The van der Waals surface area contributed by atoms with Crippen LogP contribution < -0.4 is 5.32 Å². The number of Topliss-reactive ketones (excluding diaryl/α,β-unsaturated/α-hetero) is 1. The summed E-state index contributed by atoms with van der Waals surface area (Å²) in [5.74, 6) is 1.66. The molecule has 1 aliphatic carbocycles. The van der Waals surface area contributed by atoms with Crippen LogP contribution in [0.4, 0.5) is 0 Å². The molecule has 0 radical (unpaired) electrons. The van der Waals surface area contributed by atoms with E-state index in [1.165, 1.54) is 12.8 Å². The Balaban J connectivity index is 2.22. The summed E-state index contributed by atoms with van der Waals surface area (Å²) >= 11 is 0. The van der Waals surface area contributed by atoms with Crippen molar-refractivity contribution in [2.24, 2.45) is 11.8 Å². The number of rotatable bonds is 5. The van der Waals surface area contributed by atoms with Crippen molar-refractivity contribution in [3.63, 3.8) is 0 Å². The van der Waals surface area contributed by atoms with Gasteiger partial charge in [-0.15, -0.1) is 0 Å². The van der Waals surface area contributed by atoms with E-state index < -0.39 is 0 Å². The molecule has 1 aliphatic rings. The van der Waals surface area contributed by atoms with Crippen molar-refractivity contribution in [1.29, 1.82) is 0 Å². The number of carbonyl (C=O) groups is 1. The van der Waals surface area contributed by atoms with E-state index in [4.69, 9.17) is 0 Å². The lowest BCUT2D eigenvalue weighted by Crippen LogP contribution is -2.22. The first-order valence-electron chi connectivity index (χ1n) is 5.91. The van der Waals surface area contributed by atoms with E-state index in [2.05, 4.69) is 12.2 Å². The fourth-order valence-electron chi connectivity index (χ4n) is 2.37. The third-order valence-corrected chi connectivity index (χ3v) is 3.24. The van der Waals surface area contributed by atoms with E-state index in [9.17, 15) is 4.79 Å². The highest BCUT2D eigenvalue weighted by molar-refractivity contribution is 5.81. The van der Waals surface area contributed by atoms with Gasteiger partial charge in [-0.2, -0.15) is 0 Å². The van der Waals surface area contributed by atoms with Crippen LogP contribution in [0, 0.1) is 11.8 Å². The highest BCUT2D eigenvalue weighted by Crippen LogP contribution is 2.29. The van der Waals surface area contributed by atoms with Gasteiger partial charge in [0.2, 0.25) is 0 Å². The van der Waals surface area contributed by atoms with Crippen LogP contribution in [0.1, 0.15) is 45.4 Å². The third-order valence-electron chi connectivity index (χ3n) is 3.24. The fraction of sp³-hybridized carbons (Fsp3) is 0.917. The molecule has 0 aromatic heterocycles. The minimum Gasteiger partial charge on any atom is -0.320 e. The average Bonchev–Trinajstić information content (AvgIpc) is 2.18. The highest BCUT2D eigenvalue weighted by Gasteiger charge is 2.23. The molecule has 82 valence electrons. The van der Waals surface area contributed by atoms with Crippen LogP contribution in [0.3, 0.4) is 0 Å². The molecular weight excluding hydrogens is 174 g/mol. The Morgan fingerprint density at radius 1 is 1.43 bits per heavy atom. The van der Waals surface area contributed by atoms with Gasteiger partial charge in [0, 0.05) is 12.3 Å². The second-order valence-corrected chi connectivity index (χ2v) is 4.64. The minimum atomic E-state index is 0.385. The second kappa shape index (κ2) is 6.18. The van der Waals surface area contributed by atoms with Gasteiger partial charge < -0.3 is 5.32 Å². The molecule has 0 heterocycles. The summed E-state index contributed by atoms with van der Waals surface area (Å²) in [5.41, 5.74) is 0. The zero-order valence-electron chi connectivity index (χ0n) is 9.51. The van der Waals surface area contributed by atoms with Gasteiger partial charge in [-0.3, -0.25) is 4.79 Å². The average molecular weight is 197 g/mol. The van der Waals surface area contributed by atoms with Crippen LogP contribution in [0.5, 0.6) is 0 Å². The third kappa shape index (κ3) is 3.79. The van der Waals surface area contributed by atoms with Crippen LogP contribution >= 0.6 is 0 Å². The molecule has 0 bridgehead atoms. The van der Waals surface area contributed by atoms with Gasteiger partial charge in [0.25, 0.3) is 0 Å². The lowest BCUT2D eigenvalue weighted by molar-refractivity contribution is -0.124. The number of carbonyl (C=O) groups excluding carboxylic acids is 1.